The maximum atomic E-state index is 13.0. The van der Waals surface area contributed by atoms with Gasteiger partial charge in [0.25, 0.3) is 11.7 Å². The highest BCUT2D eigenvalue weighted by Crippen LogP contribution is 2.43. The predicted octanol–water partition coefficient (Wildman–Crippen LogP) is 5.71. The number of carbonyl (C=O) groups excluding carboxylic acids is 2. The van der Waals surface area contributed by atoms with Crippen LogP contribution in [0.15, 0.2) is 76.9 Å². The van der Waals surface area contributed by atoms with Crippen molar-refractivity contribution >= 4 is 23.1 Å². The highest BCUT2D eigenvalue weighted by Gasteiger charge is 2.48. The fourth-order valence-electron chi connectivity index (χ4n) is 3.71. The van der Waals surface area contributed by atoms with E-state index >= 15 is 0 Å². The minimum Gasteiger partial charge on any atom is -0.507 e. The number of ether oxygens (including phenoxy) is 1. The summed E-state index contributed by atoms with van der Waals surface area (Å²) in [7, 11) is 0. The molecular weight excluding hydrogens is 451 g/mol. The molecule has 1 saturated heterocycles. The smallest absolute Gasteiger partial charge is 0.416 e. The summed E-state index contributed by atoms with van der Waals surface area (Å²) < 4.78 is 49.9. The summed E-state index contributed by atoms with van der Waals surface area (Å²) in [5.74, 6) is -1.67. The quantitative estimate of drug-likeness (QED) is 0.283. The van der Waals surface area contributed by atoms with E-state index < -0.39 is 35.2 Å². The third-order valence-electron chi connectivity index (χ3n) is 5.33. The number of halogens is 3. The Balaban J connectivity index is 1.78. The zero-order chi connectivity index (χ0) is 24.5. The molecule has 4 rings (SSSR count). The molecule has 2 heterocycles. The number of nitrogens with zero attached hydrogens (tertiary/aromatic N) is 1. The Morgan fingerprint density at radius 2 is 1.74 bits per heavy atom. The first-order chi connectivity index (χ1) is 16.2. The van der Waals surface area contributed by atoms with Crippen LogP contribution in [0.2, 0.25) is 0 Å². The molecule has 1 N–H and O–H groups in total. The van der Waals surface area contributed by atoms with Gasteiger partial charge < -0.3 is 14.3 Å². The molecule has 0 aliphatic carbocycles. The Kier molecular flexibility index (Phi) is 6.19. The van der Waals surface area contributed by atoms with Gasteiger partial charge in [-0.15, -0.1) is 0 Å². The van der Waals surface area contributed by atoms with Crippen LogP contribution < -0.4 is 9.64 Å². The van der Waals surface area contributed by atoms with Crippen molar-refractivity contribution in [1.29, 1.82) is 0 Å². The van der Waals surface area contributed by atoms with E-state index in [-0.39, 0.29) is 22.6 Å². The van der Waals surface area contributed by atoms with E-state index in [1.165, 1.54) is 12.3 Å². The monoisotopic (exact) mass is 471 g/mol. The van der Waals surface area contributed by atoms with Gasteiger partial charge in [-0.3, -0.25) is 14.5 Å². The number of alkyl halides is 3. The van der Waals surface area contributed by atoms with E-state index in [0.717, 1.165) is 35.6 Å². The van der Waals surface area contributed by atoms with Crippen molar-refractivity contribution < 1.29 is 37.0 Å². The van der Waals surface area contributed by atoms with Crippen molar-refractivity contribution in [2.45, 2.75) is 25.6 Å². The van der Waals surface area contributed by atoms with Crippen LogP contribution in [-0.4, -0.2) is 23.4 Å². The number of ketones is 1. The van der Waals surface area contributed by atoms with Crippen molar-refractivity contribution in [3.63, 3.8) is 0 Å². The van der Waals surface area contributed by atoms with Gasteiger partial charge in [0.05, 0.1) is 24.0 Å². The first kappa shape index (κ1) is 23.2. The molecule has 1 aliphatic rings. The van der Waals surface area contributed by atoms with Crippen LogP contribution in [-0.2, 0) is 15.8 Å². The zero-order valence-corrected chi connectivity index (χ0v) is 18.0. The SMILES string of the molecule is CCCOc1ccc(/C(O)=C2/C(=O)C(=O)N(c3ccc(C(F)(F)F)cc3)C2c2ccco2)cc1. The Morgan fingerprint density at radius 1 is 1.06 bits per heavy atom. The summed E-state index contributed by atoms with van der Waals surface area (Å²) in [6.45, 7) is 2.48. The number of carbonyl (C=O) groups is 2. The number of hydrogen-bond acceptors (Lipinski definition) is 5. The van der Waals surface area contributed by atoms with Gasteiger partial charge in [-0.1, -0.05) is 6.92 Å². The van der Waals surface area contributed by atoms with Gasteiger partial charge in [0.2, 0.25) is 0 Å². The van der Waals surface area contributed by atoms with Gasteiger partial charge in [-0.05, 0) is 67.1 Å². The molecule has 1 atom stereocenters. The summed E-state index contributed by atoms with van der Waals surface area (Å²) >= 11 is 0. The van der Waals surface area contributed by atoms with Crippen LogP contribution in [0.25, 0.3) is 5.76 Å². The molecule has 1 amide bonds. The van der Waals surface area contributed by atoms with E-state index in [9.17, 15) is 27.9 Å². The molecule has 0 radical (unpaired) electrons. The van der Waals surface area contributed by atoms with Crippen LogP contribution in [0.4, 0.5) is 18.9 Å². The summed E-state index contributed by atoms with van der Waals surface area (Å²) in [4.78, 5) is 27.0. The number of furan rings is 1. The average Bonchev–Trinajstić information content (AvgIpc) is 3.44. The summed E-state index contributed by atoms with van der Waals surface area (Å²) in [5.41, 5.74) is -0.806. The molecule has 1 aromatic heterocycles. The number of amides is 1. The summed E-state index contributed by atoms with van der Waals surface area (Å²) in [6, 6.07) is 12.1. The number of benzene rings is 2. The molecule has 1 aliphatic heterocycles. The van der Waals surface area contributed by atoms with Gasteiger partial charge >= 0.3 is 6.18 Å². The second-order valence-electron chi connectivity index (χ2n) is 7.60. The second kappa shape index (κ2) is 9.09. The van der Waals surface area contributed by atoms with E-state index in [2.05, 4.69) is 0 Å². The highest BCUT2D eigenvalue weighted by molar-refractivity contribution is 6.51. The lowest BCUT2D eigenvalue weighted by Gasteiger charge is -2.23. The van der Waals surface area contributed by atoms with Gasteiger partial charge in [-0.25, -0.2) is 0 Å². The number of rotatable bonds is 6. The largest absolute Gasteiger partial charge is 0.507 e. The normalized spacial score (nSPS) is 17.9. The molecular formula is C25H20F3NO5. The molecule has 1 fully saturated rings. The van der Waals surface area contributed by atoms with Gasteiger partial charge in [0.1, 0.15) is 23.3 Å². The van der Waals surface area contributed by atoms with E-state index in [4.69, 9.17) is 9.15 Å². The van der Waals surface area contributed by atoms with Crippen molar-refractivity contribution in [1.82, 2.24) is 0 Å². The van der Waals surface area contributed by atoms with Crippen molar-refractivity contribution in [3.8, 4) is 5.75 Å². The van der Waals surface area contributed by atoms with Crippen molar-refractivity contribution in [3.05, 3.63) is 89.4 Å². The molecule has 9 heteroatoms. The number of aliphatic hydroxyl groups excluding tert-OH is 1. The fourth-order valence-corrected chi connectivity index (χ4v) is 3.71. The Morgan fingerprint density at radius 3 is 2.29 bits per heavy atom. The molecule has 2 aromatic carbocycles. The molecule has 6 nitrogen and oxygen atoms in total. The molecule has 0 bridgehead atoms. The number of hydrogen-bond donors (Lipinski definition) is 1. The Labute approximate surface area is 192 Å². The Hall–Kier alpha value is -4.01. The Bertz CT molecular complexity index is 1210. The van der Waals surface area contributed by atoms with E-state index in [1.807, 2.05) is 6.92 Å². The second-order valence-corrected chi connectivity index (χ2v) is 7.60. The highest BCUT2D eigenvalue weighted by atomic mass is 19.4. The zero-order valence-electron chi connectivity index (χ0n) is 18.0. The van der Waals surface area contributed by atoms with Crippen LogP contribution in [0.5, 0.6) is 5.75 Å². The van der Waals surface area contributed by atoms with Gasteiger partial charge in [0.15, 0.2) is 0 Å². The van der Waals surface area contributed by atoms with Crippen LogP contribution in [0, 0.1) is 0 Å². The fraction of sp³-hybridized carbons (Fsp3) is 0.200. The lowest BCUT2D eigenvalue weighted by Crippen LogP contribution is -2.29. The van der Waals surface area contributed by atoms with Gasteiger partial charge in [-0.2, -0.15) is 13.2 Å². The third kappa shape index (κ3) is 4.28. The number of anilines is 1. The van der Waals surface area contributed by atoms with Gasteiger partial charge in [0, 0.05) is 11.3 Å². The van der Waals surface area contributed by atoms with Crippen LogP contribution >= 0.6 is 0 Å². The number of aliphatic hydroxyl groups is 1. The summed E-state index contributed by atoms with van der Waals surface area (Å²) in [5, 5.41) is 11.0. The lowest BCUT2D eigenvalue weighted by molar-refractivity contribution is -0.137. The molecule has 176 valence electrons. The lowest BCUT2D eigenvalue weighted by atomic mass is 9.99. The summed E-state index contributed by atoms with van der Waals surface area (Å²) in [6.07, 6.45) is -2.40. The van der Waals surface area contributed by atoms with E-state index in [0.29, 0.717) is 12.4 Å². The minimum absolute atomic E-state index is 0.0545. The molecule has 34 heavy (non-hydrogen) atoms. The first-order valence-corrected chi connectivity index (χ1v) is 10.5. The molecule has 0 saturated carbocycles. The van der Waals surface area contributed by atoms with Crippen LogP contribution in [0.3, 0.4) is 0 Å². The standard InChI is InChI=1S/C25H20F3NO5/c1-2-13-33-18-11-5-15(6-12-18)22(30)20-21(19-4-3-14-34-19)29(24(32)23(20)31)17-9-7-16(8-10-17)25(26,27)28/h3-12,14,21,30H,2,13H2,1H3/b22-20-. The third-order valence-corrected chi connectivity index (χ3v) is 5.33. The van der Waals surface area contributed by atoms with Crippen molar-refractivity contribution in [2.75, 3.05) is 11.5 Å². The molecule has 0 spiro atoms. The molecule has 1 unspecified atom stereocenters. The minimum atomic E-state index is -4.56. The van der Waals surface area contributed by atoms with Crippen molar-refractivity contribution in [2.24, 2.45) is 0 Å². The van der Waals surface area contributed by atoms with E-state index in [1.54, 1.807) is 30.3 Å². The number of Topliss-reactive ketones (excluding diaryl/α,β-unsaturated/α-hetero) is 1. The maximum absolute atomic E-state index is 13.0. The topological polar surface area (TPSA) is 80.0 Å². The average molecular weight is 471 g/mol. The molecule has 3 aromatic rings. The predicted molar refractivity (Wildman–Crippen MR) is 117 cm³/mol. The maximum Gasteiger partial charge on any atom is 0.416 e. The van der Waals surface area contributed by atoms with Crippen LogP contribution in [0.1, 0.15) is 36.3 Å². The first-order valence-electron chi connectivity index (χ1n) is 10.5.